The summed E-state index contributed by atoms with van der Waals surface area (Å²) in [6, 6.07) is 0. The maximum atomic E-state index is 13.2. The third kappa shape index (κ3) is 2.59. The Kier molecular flexibility index (Phi) is 4.28. The van der Waals surface area contributed by atoms with Gasteiger partial charge in [-0.05, 0) is 79.4 Å². The summed E-state index contributed by atoms with van der Waals surface area (Å²) in [5, 5.41) is 9.09. The van der Waals surface area contributed by atoms with Crippen molar-refractivity contribution in [3.63, 3.8) is 0 Å². The van der Waals surface area contributed by atoms with Crippen LogP contribution in [-0.4, -0.2) is 16.9 Å². The molecule has 4 fully saturated rings. The Hall–Kier alpha value is -0.860. The Morgan fingerprint density at radius 1 is 1.04 bits per heavy atom. The predicted octanol–water partition coefficient (Wildman–Crippen LogP) is 5.08. The van der Waals surface area contributed by atoms with Crippen LogP contribution >= 0.6 is 0 Å². The van der Waals surface area contributed by atoms with Crippen LogP contribution in [0.3, 0.4) is 0 Å². The molecule has 3 heteroatoms. The number of carboxylic acids is 1. The molecule has 0 saturated heterocycles. The lowest BCUT2D eigenvalue weighted by Gasteiger charge is -2.59. The van der Waals surface area contributed by atoms with Gasteiger partial charge in [-0.15, -0.1) is 0 Å². The quantitative estimate of drug-likeness (QED) is 0.775. The highest BCUT2D eigenvalue weighted by Gasteiger charge is 2.61. The average molecular weight is 347 g/mol. The van der Waals surface area contributed by atoms with Gasteiger partial charge in [0.25, 0.3) is 0 Å². The highest BCUT2D eigenvalue weighted by Crippen LogP contribution is 2.67. The molecule has 25 heavy (non-hydrogen) atoms. The van der Waals surface area contributed by atoms with E-state index >= 15 is 0 Å². The van der Waals surface area contributed by atoms with Crippen LogP contribution in [0, 0.1) is 40.4 Å². The fourth-order valence-corrected chi connectivity index (χ4v) is 7.84. The van der Waals surface area contributed by atoms with Crippen molar-refractivity contribution >= 4 is 11.8 Å². The van der Waals surface area contributed by atoms with E-state index in [0.717, 1.165) is 25.7 Å². The highest BCUT2D eigenvalue weighted by atomic mass is 16.4. The van der Waals surface area contributed by atoms with E-state index in [1.54, 1.807) is 0 Å². The molecule has 4 rings (SSSR count). The zero-order chi connectivity index (χ0) is 17.8. The van der Waals surface area contributed by atoms with Gasteiger partial charge in [0.15, 0.2) is 0 Å². The van der Waals surface area contributed by atoms with E-state index in [-0.39, 0.29) is 17.8 Å². The molecule has 3 nitrogen and oxygen atoms in total. The van der Waals surface area contributed by atoms with Crippen LogP contribution in [0.15, 0.2) is 0 Å². The zero-order valence-corrected chi connectivity index (χ0v) is 15.9. The van der Waals surface area contributed by atoms with Gasteiger partial charge in [0.1, 0.15) is 5.78 Å². The van der Waals surface area contributed by atoms with Crippen molar-refractivity contribution in [1.29, 1.82) is 0 Å². The van der Waals surface area contributed by atoms with E-state index in [9.17, 15) is 9.59 Å². The van der Waals surface area contributed by atoms with Crippen LogP contribution in [0.2, 0.25) is 0 Å². The number of ketones is 1. The molecule has 0 spiro atoms. The number of carbonyl (C=O) groups is 2. The van der Waals surface area contributed by atoms with Crippen molar-refractivity contribution in [3.05, 3.63) is 0 Å². The fraction of sp³-hybridized carbons (Fsp3) is 0.909. The number of fused-ring (bicyclic) bond motifs is 5. The van der Waals surface area contributed by atoms with Gasteiger partial charge in [0, 0.05) is 18.8 Å². The number of carboxylic acid groups (broad SMARTS) is 1. The SMILES string of the molecule is CC12CCCCC1CC(=O)C1C2CC[C@]2(C)C(CCC(=O)O)CCC12. The summed E-state index contributed by atoms with van der Waals surface area (Å²) in [5.41, 5.74) is 0.585. The van der Waals surface area contributed by atoms with Gasteiger partial charge in [-0.2, -0.15) is 0 Å². The van der Waals surface area contributed by atoms with Gasteiger partial charge in [-0.3, -0.25) is 9.59 Å². The standard InChI is InChI=1S/C22H34O3/c1-21-11-4-3-5-15(21)13-18(23)20-16-8-6-14(7-9-19(24)25)22(16,2)12-10-17(20)21/h14-17,20H,3-13H2,1-2H3,(H,24,25)/t14?,15?,16?,17?,20?,21?,22-/m1/s1. The second-order valence-electron chi connectivity index (χ2n) is 10.1. The van der Waals surface area contributed by atoms with E-state index in [0.29, 0.717) is 34.9 Å². The van der Waals surface area contributed by atoms with Crippen molar-refractivity contribution in [2.24, 2.45) is 40.4 Å². The second kappa shape index (κ2) is 6.09. The molecule has 0 heterocycles. The Balaban J connectivity index is 1.59. The highest BCUT2D eigenvalue weighted by molar-refractivity contribution is 5.83. The Morgan fingerprint density at radius 2 is 1.80 bits per heavy atom. The molecule has 0 amide bonds. The predicted molar refractivity (Wildman–Crippen MR) is 97.1 cm³/mol. The van der Waals surface area contributed by atoms with Crippen molar-refractivity contribution in [3.8, 4) is 0 Å². The van der Waals surface area contributed by atoms with Gasteiger partial charge in [0.2, 0.25) is 0 Å². The maximum Gasteiger partial charge on any atom is 0.303 e. The zero-order valence-electron chi connectivity index (χ0n) is 15.9. The molecule has 0 aromatic heterocycles. The molecule has 0 aliphatic heterocycles. The third-order valence-electron chi connectivity index (χ3n) is 9.29. The maximum absolute atomic E-state index is 13.2. The number of hydrogen-bond acceptors (Lipinski definition) is 2. The molecule has 7 atom stereocenters. The van der Waals surface area contributed by atoms with Crippen molar-refractivity contribution < 1.29 is 14.7 Å². The summed E-state index contributed by atoms with van der Waals surface area (Å²) in [4.78, 5) is 24.2. The normalized spacial score (nSPS) is 49.2. The fourth-order valence-electron chi connectivity index (χ4n) is 7.84. The van der Waals surface area contributed by atoms with Gasteiger partial charge in [0.05, 0.1) is 0 Å². The monoisotopic (exact) mass is 346 g/mol. The van der Waals surface area contributed by atoms with Crippen LogP contribution in [0.25, 0.3) is 0 Å². The smallest absolute Gasteiger partial charge is 0.303 e. The molecule has 140 valence electrons. The summed E-state index contributed by atoms with van der Waals surface area (Å²) < 4.78 is 0. The van der Waals surface area contributed by atoms with Crippen LogP contribution in [0.1, 0.15) is 84.5 Å². The largest absolute Gasteiger partial charge is 0.481 e. The summed E-state index contributed by atoms with van der Waals surface area (Å²) in [5.74, 6) is 2.39. The van der Waals surface area contributed by atoms with Crippen molar-refractivity contribution in [2.45, 2.75) is 84.5 Å². The molecule has 4 aliphatic rings. The summed E-state index contributed by atoms with van der Waals surface area (Å²) >= 11 is 0. The molecule has 0 bridgehead atoms. The first-order chi connectivity index (χ1) is 11.9. The Bertz CT molecular complexity index is 570. The van der Waals surface area contributed by atoms with Crippen LogP contribution in [0.5, 0.6) is 0 Å². The van der Waals surface area contributed by atoms with Crippen LogP contribution < -0.4 is 0 Å². The van der Waals surface area contributed by atoms with Crippen molar-refractivity contribution in [2.75, 3.05) is 0 Å². The minimum Gasteiger partial charge on any atom is -0.481 e. The molecular formula is C22H34O3. The van der Waals surface area contributed by atoms with E-state index in [4.69, 9.17) is 5.11 Å². The third-order valence-corrected chi connectivity index (χ3v) is 9.29. The molecule has 0 aromatic carbocycles. The van der Waals surface area contributed by atoms with E-state index in [1.807, 2.05) is 0 Å². The molecule has 6 unspecified atom stereocenters. The number of rotatable bonds is 3. The van der Waals surface area contributed by atoms with Crippen LogP contribution in [-0.2, 0) is 9.59 Å². The first-order valence-corrected chi connectivity index (χ1v) is 10.6. The number of Topliss-reactive ketones (excluding diaryl/α,β-unsaturated/α-hetero) is 1. The second-order valence-corrected chi connectivity index (χ2v) is 10.1. The minimum absolute atomic E-state index is 0.199. The van der Waals surface area contributed by atoms with Gasteiger partial charge < -0.3 is 5.11 Å². The summed E-state index contributed by atoms with van der Waals surface area (Å²) in [6.07, 6.45) is 11.8. The summed E-state index contributed by atoms with van der Waals surface area (Å²) in [6.45, 7) is 4.89. The van der Waals surface area contributed by atoms with E-state index in [2.05, 4.69) is 13.8 Å². The molecule has 0 radical (unpaired) electrons. The van der Waals surface area contributed by atoms with Crippen molar-refractivity contribution in [1.82, 2.24) is 0 Å². The van der Waals surface area contributed by atoms with Gasteiger partial charge in [-0.25, -0.2) is 0 Å². The molecule has 4 saturated carbocycles. The molecule has 4 aliphatic carbocycles. The van der Waals surface area contributed by atoms with E-state index < -0.39 is 5.97 Å². The number of aliphatic carboxylic acids is 1. The Labute approximate surface area is 151 Å². The number of hydrogen-bond donors (Lipinski definition) is 1. The first kappa shape index (κ1) is 17.5. The van der Waals surface area contributed by atoms with Crippen LogP contribution in [0.4, 0.5) is 0 Å². The van der Waals surface area contributed by atoms with Gasteiger partial charge >= 0.3 is 5.97 Å². The molecule has 1 N–H and O–H groups in total. The lowest BCUT2D eigenvalue weighted by molar-refractivity contribution is -0.156. The minimum atomic E-state index is -0.674. The topological polar surface area (TPSA) is 54.4 Å². The molecular weight excluding hydrogens is 312 g/mol. The lowest BCUT2D eigenvalue weighted by Crippen LogP contribution is -2.56. The first-order valence-electron chi connectivity index (χ1n) is 10.6. The molecule has 0 aromatic rings. The average Bonchev–Trinajstić information content (AvgIpc) is 2.90. The Morgan fingerprint density at radius 3 is 2.56 bits per heavy atom. The number of carbonyl (C=O) groups excluding carboxylic acids is 1. The van der Waals surface area contributed by atoms with Gasteiger partial charge in [-0.1, -0.05) is 26.7 Å². The van der Waals surface area contributed by atoms with E-state index in [1.165, 1.54) is 38.5 Å². The summed E-state index contributed by atoms with van der Waals surface area (Å²) in [7, 11) is 0. The lowest BCUT2D eigenvalue weighted by atomic mass is 9.44.